The van der Waals surface area contributed by atoms with E-state index in [9.17, 15) is 0 Å². The number of hydrogen-bond acceptors (Lipinski definition) is 4. The average Bonchev–Trinajstić information content (AvgIpc) is 2.59. The molecule has 2 aromatic rings. The van der Waals surface area contributed by atoms with Crippen LogP contribution in [0.1, 0.15) is 17.0 Å². The van der Waals surface area contributed by atoms with Gasteiger partial charge in [0.2, 0.25) is 0 Å². The predicted molar refractivity (Wildman–Crippen MR) is 93.0 cm³/mol. The fraction of sp³-hybridized carbons (Fsp3) is 0.333. The van der Waals surface area contributed by atoms with Crippen molar-refractivity contribution in [2.45, 2.75) is 12.3 Å². The Hall–Kier alpha value is -1.91. The van der Waals surface area contributed by atoms with Crippen LogP contribution in [0.25, 0.3) is 0 Å². The van der Waals surface area contributed by atoms with E-state index >= 15 is 0 Å². The Morgan fingerprint density at radius 3 is 2.26 bits per heavy atom. The molecule has 1 atom stereocenters. The SMILES string of the molecule is COc1ccc(C(CN)Cc2ccc(OC)c(Cl)c2)c(OC)c1. The lowest BCUT2D eigenvalue weighted by Crippen LogP contribution is -2.16. The van der Waals surface area contributed by atoms with Crippen molar-refractivity contribution < 1.29 is 14.2 Å². The van der Waals surface area contributed by atoms with E-state index in [4.69, 9.17) is 31.5 Å². The highest BCUT2D eigenvalue weighted by atomic mass is 35.5. The molecule has 5 heteroatoms. The third kappa shape index (κ3) is 4.09. The largest absolute Gasteiger partial charge is 0.497 e. The minimum atomic E-state index is 0.125. The Balaban J connectivity index is 2.28. The standard InChI is InChI=1S/C18H22ClNO3/c1-21-14-5-6-15(18(10-14)23-3)13(11-20)8-12-4-7-17(22-2)16(19)9-12/h4-7,9-10,13H,8,11,20H2,1-3H3. The molecule has 0 saturated carbocycles. The number of rotatable bonds is 7. The molecule has 0 heterocycles. The van der Waals surface area contributed by atoms with Crippen molar-refractivity contribution in [1.82, 2.24) is 0 Å². The van der Waals surface area contributed by atoms with E-state index < -0.39 is 0 Å². The van der Waals surface area contributed by atoms with Crippen molar-refractivity contribution in [1.29, 1.82) is 0 Å². The van der Waals surface area contributed by atoms with Gasteiger partial charge in [-0.3, -0.25) is 0 Å². The molecule has 1 unspecified atom stereocenters. The summed E-state index contributed by atoms with van der Waals surface area (Å²) in [6.07, 6.45) is 0.767. The van der Waals surface area contributed by atoms with Gasteiger partial charge in [-0.15, -0.1) is 0 Å². The Labute approximate surface area is 142 Å². The molecule has 0 aliphatic carbocycles. The number of benzene rings is 2. The van der Waals surface area contributed by atoms with Crippen LogP contribution in [0.5, 0.6) is 17.2 Å². The van der Waals surface area contributed by atoms with Gasteiger partial charge in [0.1, 0.15) is 17.2 Å². The highest BCUT2D eigenvalue weighted by Gasteiger charge is 2.17. The summed E-state index contributed by atoms with van der Waals surface area (Å²) in [7, 11) is 4.89. The molecular formula is C18H22ClNO3. The average molecular weight is 336 g/mol. The molecule has 4 nitrogen and oxygen atoms in total. The summed E-state index contributed by atoms with van der Waals surface area (Å²) in [5.74, 6) is 2.33. The Kier molecular flexibility index (Phi) is 6.13. The van der Waals surface area contributed by atoms with E-state index in [1.165, 1.54) is 0 Å². The Bertz CT molecular complexity index is 661. The van der Waals surface area contributed by atoms with E-state index in [0.717, 1.165) is 29.0 Å². The highest BCUT2D eigenvalue weighted by molar-refractivity contribution is 6.32. The van der Waals surface area contributed by atoms with Crippen LogP contribution >= 0.6 is 11.6 Å². The summed E-state index contributed by atoms with van der Waals surface area (Å²) in [4.78, 5) is 0. The fourth-order valence-corrected chi connectivity index (χ4v) is 2.88. The molecule has 0 bridgehead atoms. The van der Waals surface area contributed by atoms with E-state index in [-0.39, 0.29) is 5.92 Å². The summed E-state index contributed by atoms with van der Waals surface area (Å²) in [6, 6.07) is 11.6. The normalized spacial score (nSPS) is 11.9. The molecule has 0 saturated heterocycles. The minimum absolute atomic E-state index is 0.125. The number of nitrogens with two attached hydrogens (primary N) is 1. The van der Waals surface area contributed by atoms with Crippen LogP contribution in [0.4, 0.5) is 0 Å². The summed E-state index contributed by atoms with van der Waals surface area (Å²) in [6.45, 7) is 0.506. The fourth-order valence-electron chi connectivity index (χ4n) is 2.60. The molecule has 2 aromatic carbocycles. The summed E-state index contributed by atoms with van der Waals surface area (Å²) in [5.41, 5.74) is 8.16. The zero-order valence-corrected chi connectivity index (χ0v) is 14.4. The molecule has 2 N–H and O–H groups in total. The van der Waals surface area contributed by atoms with Crippen molar-refractivity contribution in [3.8, 4) is 17.2 Å². The molecule has 0 aliphatic heterocycles. The third-order valence-corrected chi connectivity index (χ3v) is 4.16. The van der Waals surface area contributed by atoms with Crippen LogP contribution in [-0.2, 0) is 6.42 Å². The number of methoxy groups -OCH3 is 3. The highest BCUT2D eigenvalue weighted by Crippen LogP contribution is 2.33. The number of hydrogen-bond donors (Lipinski definition) is 1. The van der Waals surface area contributed by atoms with Crippen molar-refractivity contribution in [2.75, 3.05) is 27.9 Å². The van der Waals surface area contributed by atoms with Gasteiger partial charge in [-0.05, 0) is 42.3 Å². The van der Waals surface area contributed by atoms with Gasteiger partial charge in [-0.1, -0.05) is 23.7 Å². The van der Waals surface area contributed by atoms with Gasteiger partial charge in [0.25, 0.3) is 0 Å². The van der Waals surface area contributed by atoms with Gasteiger partial charge in [0.05, 0.1) is 26.4 Å². The van der Waals surface area contributed by atoms with Crippen LogP contribution in [0, 0.1) is 0 Å². The second-order valence-corrected chi connectivity index (χ2v) is 5.62. The molecule has 0 amide bonds. The first-order valence-corrected chi connectivity index (χ1v) is 7.75. The molecule has 23 heavy (non-hydrogen) atoms. The van der Waals surface area contributed by atoms with Gasteiger partial charge in [0.15, 0.2) is 0 Å². The predicted octanol–water partition coefficient (Wildman–Crippen LogP) is 3.65. The van der Waals surface area contributed by atoms with Gasteiger partial charge < -0.3 is 19.9 Å². The minimum Gasteiger partial charge on any atom is -0.497 e. The van der Waals surface area contributed by atoms with Crippen LogP contribution in [0.15, 0.2) is 36.4 Å². The molecule has 0 aliphatic rings. The molecular weight excluding hydrogens is 314 g/mol. The molecule has 0 fully saturated rings. The molecule has 2 rings (SSSR count). The monoisotopic (exact) mass is 335 g/mol. The smallest absolute Gasteiger partial charge is 0.137 e. The van der Waals surface area contributed by atoms with E-state index in [2.05, 4.69) is 0 Å². The lowest BCUT2D eigenvalue weighted by Gasteiger charge is -2.19. The van der Waals surface area contributed by atoms with Crippen molar-refractivity contribution in [3.05, 3.63) is 52.5 Å². The van der Waals surface area contributed by atoms with E-state index in [1.54, 1.807) is 21.3 Å². The molecule has 0 spiro atoms. The van der Waals surface area contributed by atoms with Crippen LogP contribution in [-0.4, -0.2) is 27.9 Å². The second kappa shape index (κ2) is 8.09. The van der Waals surface area contributed by atoms with Crippen LogP contribution in [0.3, 0.4) is 0 Å². The summed E-state index contributed by atoms with van der Waals surface area (Å²) < 4.78 is 15.9. The number of halogens is 1. The zero-order valence-electron chi connectivity index (χ0n) is 13.6. The van der Waals surface area contributed by atoms with Gasteiger partial charge >= 0.3 is 0 Å². The molecule has 124 valence electrons. The molecule has 0 radical (unpaired) electrons. The lowest BCUT2D eigenvalue weighted by molar-refractivity contribution is 0.388. The van der Waals surface area contributed by atoms with Crippen molar-refractivity contribution in [3.63, 3.8) is 0 Å². The summed E-state index contributed by atoms with van der Waals surface area (Å²) in [5, 5.41) is 0.600. The topological polar surface area (TPSA) is 53.7 Å². The lowest BCUT2D eigenvalue weighted by atomic mass is 9.91. The quantitative estimate of drug-likeness (QED) is 0.839. The van der Waals surface area contributed by atoms with Gasteiger partial charge in [0, 0.05) is 12.0 Å². The maximum atomic E-state index is 6.20. The Morgan fingerprint density at radius 1 is 0.957 bits per heavy atom. The number of ether oxygens (including phenoxy) is 3. The van der Waals surface area contributed by atoms with E-state index in [1.807, 2.05) is 36.4 Å². The first kappa shape index (κ1) is 17.4. The van der Waals surface area contributed by atoms with Gasteiger partial charge in [-0.25, -0.2) is 0 Å². The van der Waals surface area contributed by atoms with Crippen LogP contribution < -0.4 is 19.9 Å². The van der Waals surface area contributed by atoms with Crippen molar-refractivity contribution >= 4 is 11.6 Å². The maximum absolute atomic E-state index is 6.20. The second-order valence-electron chi connectivity index (χ2n) is 5.21. The zero-order chi connectivity index (χ0) is 16.8. The van der Waals surface area contributed by atoms with Gasteiger partial charge in [-0.2, -0.15) is 0 Å². The summed E-state index contributed by atoms with van der Waals surface area (Å²) >= 11 is 6.20. The van der Waals surface area contributed by atoms with E-state index in [0.29, 0.717) is 17.3 Å². The molecule has 0 aromatic heterocycles. The maximum Gasteiger partial charge on any atom is 0.137 e. The van der Waals surface area contributed by atoms with Crippen molar-refractivity contribution in [2.24, 2.45) is 5.73 Å². The third-order valence-electron chi connectivity index (χ3n) is 3.86. The van der Waals surface area contributed by atoms with Crippen LogP contribution in [0.2, 0.25) is 5.02 Å². The first-order valence-electron chi connectivity index (χ1n) is 7.37. The Morgan fingerprint density at radius 2 is 1.70 bits per heavy atom. The first-order chi connectivity index (χ1) is 11.1.